The van der Waals surface area contributed by atoms with Gasteiger partial charge in [-0.2, -0.15) is 0 Å². The molecule has 6 nitrogen and oxygen atoms in total. The summed E-state index contributed by atoms with van der Waals surface area (Å²) in [5.74, 6) is -0.138. The quantitative estimate of drug-likeness (QED) is 0.477. The number of benzene rings is 2. The molecule has 1 heterocycles. The van der Waals surface area contributed by atoms with E-state index in [1.165, 1.54) is 22.3 Å². The van der Waals surface area contributed by atoms with Crippen molar-refractivity contribution in [1.82, 2.24) is 10.2 Å². The van der Waals surface area contributed by atoms with E-state index in [-0.39, 0.29) is 24.5 Å². The fourth-order valence-electron chi connectivity index (χ4n) is 4.50. The summed E-state index contributed by atoms with van der Waals surface area (Å²) >= 11 is 0. The first kappa shape index (κ1) is 20.1. The van der Waals surface area contributed by atoms with Gasteiger partial charge < -0.3 is 0 Å². The molecule has 0 unspecified atom stereocenters. The standard InChI is InChI=1S/C24H26N3O3.Lr/c1-2-16(14-25)26-23(28)22-12-7-13-27(22)24(29)30-15-21-19-10-5-3-8-17(19)18-9-4-6-11-20(18)21;/h3-6,8-11,14,16,21-22H,2,7,12-13,15H2,1H3,(H,26,28);/q-1;+1/t16-,22-;/m0./s1. The molecule has 0 spiro atoms. The Hall–Kier alpha value is -4.15. The second-order valence-corrected chi connectivity index (χ2v) is 8.45. The number of hydrogen-bond acceptors (Lipinski definition) is 4. The van der Waals surface area contributed by atoms with Crippen molar-refractivity contribution in [2.45, 2.75) is 44.2 Å². The van der Waals surface area contributed by atoms with Gasteiger partial charge in [-0.25, -0.2) is 0 Å². The maximum absolute atomic E-state index is 12.9. The van der Waals surface area contributed by atoms with E-state index in [0.29, 0.717) is 13.0 Å². The number of fused-ring (bicyclic) bond motifs is 3. The Kier molecular flexibility index (Phi) is 5.65. The Morgan fingerprint density at radius 3 is 2.45 bits per heavy atom. The predicted octanol–water partition coefficient (Wildman–Crippen LogP) is 3.83. The normalized spacial score (nSPS) is 18.7. The molecule has 2 aliphatic rings. The van der Waals surface area contributed by atoms with Crippen molar-refractivity contribution in [2.75, 3.05) is 13.2 Å². The number of hydrogen-bond donors (Lipinski definition) is 1. The Morgan fingerprint density at radius 1 is 1.19 bits per heavy atom. The number of likely N-dealkylation sites (tertiary alicyclic amines) is 1. The molecule has 1 saturated heterocycles. The van der Waals surface area contributed by atoms with E-state index >= 15 is 0 Å². The van der Waals surface area contributed by atoms with Gasteiger partial charge in [-0.3, -0.25) is 0 Å². The monoisotopic (exact) mass is 666 g/mol. The summed E-state index contributed by atoms with van der Waals surface area (Å²) in [5, 5.41) is 6.92. The van der Waals surface area contributed by atoms with Crippen LogP contribution in [0.1, 0.15) is 43.2 Å². The minimum absolute atomic E-state index is 0.00906. The first-order chi connectivity index (χ1) is 15.1. The van der Waals surface area contributed by atoms with Gasteiger partial charge in [0.1, 0.15) is 0 Å². The van der Waals surface area contributed by atoms with Crippen LogP contribution in [0, 0.1) is 0 Å². The minimum Gasteiger partial charge on any atom is -0.0619 e. The van der Waals surface area contributed by atoms with Gasteiger partial charge in [-0.1, -0.05) is 48.5 Å². The number of amides is 2. The van der Waals surface area contributed by atoms with Gasteiger partial charge in [0.05, 0.1) is 0 Å². The Morgan fingerprint density at radius 2 is 1.84 bits per heavy atom. The van der Waals surface area contributed by atoms with Crippen molar-refractivity contribution in [3.63, 3.8) is 0 Å². The Bertz CT molecular complexity index is 948. The molecule has 0 aromatic heterocycles. The molecule has 1 aliphatic carbocycles. The molecule has 2 amide bonds. The summed E-state index contributed by atoms with van der Waals surface area (Å²) in [5.41, 5.74) is 4.74. The molecule has 2 aromatic rings. The van der Waals surface area contributed by atoms with E-state index in [1.54, 1.807) is 11.1 Å². The van der Waals surface area contributed by atoms with E-state index in [1.807, 2.05) is 31.2 Å². The molecule has 2 atom stereocenters. The minimum atomic E-state index is -0.495. The van der Waals surface area contributed by atoms with Gasteiger partial charge in [0, 0.05) is 0 Å². The Labute approximate surface area is 176 Å². The topological polar surface area (TPSA) is 71.0 Å². The zero-order valence-electron chi connectivity index (χ0n) is 17.3. The van der Waals surface area contributed by atoms with Crippen LogP contribution in [0.2, 0.25) is 0 Å². The van der Waals surface area contributed by atoms with Crippen molar-refractivity contribution in [2.24, 2.45) is 5.41 Å². The molecular weight excluding hydrogens is 640 g/mol. The molecule has 4 rings (SSSR count). The molecule has 0 saturated carbocycles. The van der Waals surface area contributed by atoms with Crippen LogP contribution in [-0.2, 0) is 9.53 Å². The average molecular weight is 666 g/mol. The Balaban J connectivity index is 1.43. The summed E-state index contributed by atoms with van der Waals surface area (Å²) in [6, 6.07) is 15.9. The SMILES string of the molecule is CC[C@@H](/C=[N]/[Lr])NC(=O)[C@@H]1CCCN1C(=O)OCC1c2ccccc2-c2ccccc21. The van der Waals surface area contributed by atoms with Gasteiger partial charge in [0.25, 0.3) is 0 Å². The summed E-state index contributed by atoms with van der Waals surface area (Å²) < 4.78 is 7.84. The van der Waals surface area contributed by atoms with Crippen molar-refractivity contribution in [3.8, 4) is 11.1 Å². The first-order valence-electron chi connectivity index (χ1n) is 10.6. The van der Waals surface area contributed by atoms with Crippen LogP contribution < -0.4 is 5.32 Å². The van der Waals surface area contributed by atoms with Crippen LogP contribution in [0.25, 0.3) is 11.1 Å². The van der Waals surface area contributed by atoms with E-state index in [0.717, 1.165) is 12.8 Å². The van der Waals surface area contributed by atoms with Gasteiger partial charge in [-0.15, -0.1) is 0 Å². The molecule has 170 valence electrons. The summed E-state index contributed by atoms with van der Waals surface area (Å²) in [6.45, 7) is 2.78. The maximum atomic E-state index is 12.9. The summed E-state index contributed by atoms with van der Waals surface area (Å²) in [6.07, 6.45) is 3.46. The molecule has 2 aromatic carbocycles. The van der Waals surface area contributed by atoms with E-state index in [2.05, 4.69) is 35.0 Å². The zero-order chi connectivity index (χ0) is 21.8. The number of rotatable bonds is 6. The molecule has 0 bridgehead atoms. The number of carbonyl (C=O) groups excluding carboxylic acids is 2. The molecule has 1 N–H and O–H groups in total. The van der Waals surface area contributed by atoms with E-state index < -0.39 is 12.1 Å². The molecule has 1 fully saturated rings. The predicted molar refractivity (Wildman–Crippen MR) is 116 cm³/mol. The molecule has 0 radical (unpaired) electrons. The fraction of sp³-hybridized carbons (Fsp3) is 0.375. The number of ether oxygens (including phenoxy) is 1. The molecule has 1 aliphatic heterocycles. The fourth-order valence-corrected chi connectivity index (χ4v) is 4.89. The molecular formula is C24H26LrN3O3. The second kappa shape index (κ2) is 8.69. The third-order valence-electron chi connectivity index (χ3n) is 6.11. The van der Waals surface area contributed by atoms with E-state index in [9.17, 15) is 9.59 Å². The van der Waals surface area contributed by atoms with Gasteiger partial charge in [-0.05, 0) is 11.1 Å². The van der Waals surface area contributed by atoms with Gasteiger partial charge in [0.15, 0.2) is 0 Å². The van der Waals surface area contributed by atoms with Crippen LogP contribution in [0.3, 0.4) is 0 Å². The second-order valence-electron chi connectivity index (χ2n) is 7.89. The van der Waals surface area contributed by atoms with Crippen LogP contribution >= 0.6 is 0 Å². The summed E-state index contributed by atoms with van der Waals surface area (Å²) in [4.78, 5) is 27.2. The van der Waals surface area contributed by atoms with Crippen LogP contribution in [-0.4, -0.2) is 48.4 Å². The number of carbonyl (C=O) groups is 2. The third-order valence-corrected chi connectivity index (χ3v) is 6.43. The third kappa shape index (κ3) is 3.84. The van der Waals surface area contributed by atoms with Gasteiger partial charge in [0.2, 0.25) is 0 Å². The first-order valence-corrected chi connectivity index (χ1v) is 11.6. The van der Waals surface area contributed by atoms with Crippen molar-refractivity contribution >= 4 is 18.2 Å². The summed E-state index contributed by atoms with van der Waals surface area (Å²) in [7, 11) is 0. The van der Waals surface area contributed by atoms with Crippen molar-refractivity contribution < 1.29 is 14.3 Å². The van der Waals surface area contributed by atoms with Crippen molar-refractivity contribution in [3.05, 3.63) is 59.7 Å². The number of nitrogens with zero attached hydrogens (tertiary/aromatic N) is 2. The molecule has 31 heavy (non-hydrogen) atoms. The van der Waals surface area contributed by atoms with E-state index in [4.69, 9.17) is 4.74 Å². The number of nitrogens with one attached hydrogen (secondary N) is 1. The average Bonchev–Trinajstić information content (AvgIpc) is 3.41. The van der Waals surface area contributed by atoms with Gasteiger partial charge >= 0.3 is 117 Å². The van der Waals surface area contributed by atoms with Crippen molar-refractivity contribution in [1.29, 1.82) is 0 Å². The van der Waals surface area contributed by atoms with Crippen LogP contribution in [0.5, 0.6) is 0 Å². The van der Waals surface area contributed by atoms with Crippen LogP contribution in [0.15, 0.2) is 53.9 Å². The van der Waals surface area contributed by atoms with Crippen LogP contribution in [0.4, 0.5) is 4.79 Å². The smallest absolute Gasteiger partial charge is 0.0619 e. The zero-order valence-corrected chi connectivity index (χ0v) is 19.5. The molecule has 7 heteroatoms.